The number of carbonyl (C=O) groups excluding carboxylic acids is 2. The summed E-state index contributed by atoms with van der Waals surface area (Å²) in [4.78, 5) is 23.9. The molecule has 0 bridgehead atoms. The standard InChI is InChI=1S/C16H14O5/c1-20-15(18)13-9-11(17)8-12(14(13)16(19)21-2)10-6-4-3-5-7-10/h3-9,17H,1-2H3. The van der Waals surface area contributed by atoms with Crippen LogP contribution in [0.5, 0.6) is 5.75 Å². The molecule has 0 radical (unpaired) electrons. The van der Waals surface area contributed by atoms with Crippen LogP contribution < -0.4 is 0 Å². The van der Waals surface area contributed by atoms with Gasteiger partial charge in [-0.05, 0) is 17.7 Å². The molecule has 0 atom stereocenters. The summed E-state index contributed by atoms with van der Waals surface area (Å²) in [5.74, 6) is -1.53. The largest absolute Gasteiger partial charge is 0.508 e. The van der Waals surface area contributed by atoms with Gasteiger partial charge in [0.2, 0.25) is 0 Å². The molecular weight excluding hydrogens is 272 g/mol. The molecule has 2 aromatic rings. The van der Waals surface area contributed by atoms with E-state index < -0.39 is 11.9 Å². The normalized spacial score (nSPS) is 10.0. The number of aromatic hydroxyl groups is 1. The molecule has 2 aromatic carbocycles. The molecule has 0 aliphatic rings. The van der Waals surface area contributed by atoms with Gasteiger partial charge in [-0.1, -0.05) is 30.3 Å². The molecule has 0 unspecified atom stereocenters. The van der Waals surface area contributed by atoms with Crippen LogP contribution >= 0.6 is 0 Å². The van der Waals surface area contributed by atoms with Gasteiger partial charge in [-0.15, -0.1) is 0 Å². The van der Waals surface area contributed by atoms with Gasteiger partial charge in [0.25, 0.3) is 0 Å². The van der Waals surface area contributed by atoms with Crippen molar-refractivity contribution in [2.24, 2.45) is 0 Å². The van der Waals surface area contributed by atoms with Crippen LogP contribution in [0.15, 0.2) is 42.5 Å². The molecule has 5 heteroatoms. The van der Waals surface area contributed by atoms with E-state index in [0.717, 1.165) is 0 Å². The Morgan fingerprint density at radius 2 is 1.57 bits per heavy atom. The third kappa shape index (κ3) is 2.86. The Morgan fingerprint density at radius 1 is 0.952 bits per heavy atom. The fraction of sp³-hybridized carbons (Fsp3) is 0.125. The van der Waals surface area contributed by atoms with Gasteiger partial charge < -0.3 is 14.6 Å². The molecule has 0 saturated carbocycles. The number of esters is 2. The van der Waals surface area contributed by atoms with Gasteiger partial charge in [0, 0.05) is 5.56 Å². The number of rotatable bonds is 3. The quantitative estimate of drug-likeness (QED) is 0.878. The first-order valence-electron chi connectivity index (χ1n) is 6.17. The number of phenolic OH excluding ortho intramolecular Hbond substituents is 1. The maximum atomic E-state index is 12.0. The fourth-order valence-corrected chi connectivity index (χ4v) is 2.07. The summed E-state index contributed by atoms with van der Waals surface area (Å²) in [7, 11) is 2.43. The second-order valence-electron chi connectivity index (χ2n) is 4.27. The Hall–Kier alpha value is -2.82. The highest BCUT2D eigenvalue weighted by Gasteiger charge is 2.24. The minimum atomic E-state index is -0.719. The van der Waals surface area contributed by atoms with E-state index in [1.807, 2.05) is 6.07 Å². The molecule has 0 aliphatic carbocycles. The predicted octanol–water partition coefficient (Wildman–Crippen LogP) is 2.63. The summed E-state index contributed by atoms with van der Waals surface area (Å²) in [6.45, 7) is 0. The molecule has 5 nitrogen and oxygen atoms in total. The summed E-state index contributed by atoms with van der Waals surface area (Å²) in [5, 5.41) is 9.82. The molecular formula is C16H14O5. The van der Waals surface area contributed by atoms with E-state index in [0.29, 0.717) is 11.1 Å². The van der Waals surface area contributed by atoms with Crippen molar-refractivity contribution in [3.8, 4) is 16.9 Å². The predicted molar refractivity (Wildman–Crippen MR) is 76.2 cm³/mol. The number of methoxy groups -OCH3 is 2. The van der Waals surface area contributed by atoms with Crippen LogP contribution in [0.4, 0.5) is 0 Å². The van der Waals surface area contributed by atoms with E-state index in [1.165, 1.54) is 26.4 Å². The highest BCUT2D eigenvalue weighted by atomic mass is 16.5. The lowest BCUT2D eigenvalue weighted by atomic mass is 9.95. The third-order valence-corrected chi connectivity index (χ3v) is 3.00. The van der Waals surface area contributed by atoms with Gasteiger partial charge in [0.15, 0.2) is 0 Å². The summed E-state index contributed by atoms with van der Waals surface area (Å²) in [5.41, 5.74) is 1.11. The monoisotopic (exact) mass is 286 g/mol. The minimum absolute atomic E-state index is 0.0387. The number of benzene rings is 2. The Balaban J connectivity index is 2.77. The Morgan fingerprint density at radius 3 is 2.14 bits per heavy atom. The topological polar surface area (TPSA) is 72.8 Å². The van der Waals surface area contributed by atoms with Gasteiger partial charge in [0.1, 0.15) is 5.75 Å². The summed E-state index contributed by atoms with van der Waals surface area (Å²) >= 11 is 0. The average molecular weight is 286 g/mol. The molecule has 1 N–H and O–H groups in total. The van der Waals surface area contributed by atoms with Crippen LogP contribution in [0, 0.1) is 0 Å². The number of ether oxygens (including phenoxy) is 2. The number of phenols is 1. The average Bonchev–Trinajstić information content (AvgIpc) is 2.53. The molecule has 0 fully saturated rings. The number of hydrogen-bond donors (Lipinski definition) is 1. The minimum Gasteiger partial charge on any atom is -0.508 e. The Labute approximate surface area is 121 Å². The number of carbonyl (C=O) groups is 2. The van der Waals surface area contributed by atoms with Crippen LogP contribution in [0.3, 0.4) is 0 Å². The van der Waals surface area contributed by atoms with Crippen LogP contribution in [0.2, 0.25) is 0 Å². The molecule has 0 aromatic heterocycles. The molecule has 21 heavy (non-hydrogen) atoms. The van der Waals surface area contributed by atoms with E-state index in [2.05, 4.69) is 4.74 Å². The maximum Gasteiger partial charge on any atom is 0.339 e. The second-order valence-corrected chi connectivity index (χ2v) is 4.27. The maximum absolute atomic E-state index is 12.0. The lowest BCUT2D eigenvalue weighted by Gasteiger charge is -2.13. The van der Waals surface area contributed by atoms with E-state index in [9.17, 15) is 14.7 Å². The lowest BCUT2D eigenvalue weighted by Crippen LogP contribution is -2.13. The molecule has 0 saturated heterocycles. The van der Waals surface area contributed by atoms with Gasteiger partial charge >= 0.3 is 11.9 Å². The summed E-state index contributed by atoms with van der Waals surface area (Å²) in [6, 6.07) is 11.5. The first kappa shape index (κ1) is 14.6. The van der Waals surface area contributed by atoms with Crippen molar-refractivity contribution in [3.05, 3.63) is 53.6 Å². The summed E-state index contributed by atoms with van der Waals surface area (Å²) < 4.78 is 9.40. The van der Waals surface area contributed by atoms with Crippen molar-refractivity contribution in [1.29, 1.82) is 0 Å². The first-order chi connectivity index (χ1) is 10.1. The highest BCUT2D eigenvalue weighted by molar-refractivity contribution is 6.08. The smallest absolute Gasteiger partial charge is 0.339 e. The van der Waals surface area contributed by atoms with Gasteiger partial charge in [0.05, 0.1) is 25.3 Å². The van der Waals surface area contributed by atoms with Crippen molar-refractivity contribution >= 4 is 11.9 Å². The van der Waals surface area contributed by atoms with E-state index in [-0.39, 0.29) is 16.9 Å². The van der Waals surface area contributed by atoms with Gasteiger partial charge in [-0.3, -0.25) is 0 Å². The first-order valence-corrected chi connectivity index (χ1v) is 6.17. The van der Waals surface area contributed by atoms with Crippen molar-refractivity contribution in [2.75, 3.05) is 14.2 Å². The van der Waals surface area contributed by atoms with E-state index in [1.54, 1.807) is 24.3 Å². The number of hydrogen-bond acceptors (Lipinski definition) is 5. The van der Waals surface area contributed by atoms with Crippen molar-refractivity contribution in [2.45, 2.75) is 0 Å². The van der Waals surface area contributed by atoms with Crippen molar-refractivity contribution in [1.82, 2.24) is 0 Å². The summed E-state index contributed by atoms with van der Waals surface area (Å²) in [6.07, 6.45) is 0. The highest BCUT2D eigenvalue weighted by Crippen LogP contribution is 2.31. The lowest BCUT2D eigenvalue weighted by molar-refractivity contribution is 0.0555. The van der Waals surface area contributed by atoms with E-state index >= 15 is 0 Å². The van der Waals surface area contributed by atoms with Gasteiger partial charge in [-0.25, -0.2) is 9.59 Å². The molecule has 0 heterocycles. The van der Waals surface area contributed by atoms with Gasteiger partial charge in [-0.2, -0.15) is 0 Å². The molecule has 0 aliphatic heterocycles. The molecule has 0 amide bonds. The van der Waals surface area contributed by atoms with Crippen LogP contribution in [0.25, 0.3) is 11.1 Å². The van der Waals surface area contributed by atoms with Crippen molar-refractivity contribution < 1.29 is 24.2 Å². The molecule has 2 rings (SSSR count). The zero-order chi connectivity index (χ0) is 15.4. The zero-order valence-corrected chi connectivity index (χ0v) is 11.6. The second kappa shape index (κ2) is 6.09. The van der Waals surface area contributed by atoms with Crippen LogP contribution in [-0.4, -0.2) is 31.3 Å². The zero-order valence-electron chi connectivity index (χ0n) is 11.6. The molecule has 108 valence electrons. The van der Waals surface area contributed by atoms with Crippen molar-refractivity contribution in [3.63, 3.8) is 0 Å². The van der Waals surface area contributed by atoms with Crippen LogP contribution in [-0.2, 0) is 9.47 Å². The third-order valence-electron chi connectivity index (χ3n) is 3.00. The Kier molecular flexibility index (Phi) is 4.23. The SMILES string of the molecule is COC(=O)c1cc(O)cc(-c2ccccc2)c1C(=O)OC. The van der Waals surface area contributed by atoms with Crippen LogP contribution in [0.1, 0.15) is 20.7 Å². The van der Waals surface area contributed by atoms with E-state index in [4.69, 9.17) is 4.74 Å². The fourth-order valence-electron chi connectivity index (χ4n) is 2.07. The Bertz CT molecular complexity index is 677. The molecule has 0 spiro atoms.